The molecule has 0 bridgehead atoms. The zero-order valence-electron chi connectivity index (χ0n) is 16.1. The molecule has 4 aromatic carbocycles. The molecule has 4 rings (SSSR count). The van der Waals surface area contributed by atoms with Gasteiger partial charge in [0.05, 0.1) is 0 Å². The van der Waals surface area contributed by atoms with Gasteiger partial charge in [0.1, 0.15) is 11.5 Å². The summed E-state index contributed by atoms with van der Waals surface area (Å²) < 4.78 is 30.6. The van der Waals surface area contributed by atoms with Crippen LogP contribution >= 0.6 is 15.6 Å². The average Bonchev–Trinajstić information content (AvgIpc) is 2.67. The molecule has 0 saturated carbocycles. The summed E-state index contributed by atoms with van der Waals surface area (Å²) in [6, 6.07) is 24.6. The Hall–Kier alpha value is -1.44. The van der Waals surface area contributed by atoms with Gasteiger partial charge in [-0.15, -0.1) is 0 Å². The number of phosphoric acid groups is 2. The largest absolute Gasteiger partial charge is 0.524 e. The van der Waals surface area contributed by atoms with Gasteiger partial charge in [-0.3, -0.25) is 19.6 Å². The molecule has 31 heavy (non-hydrogen) atoms. The molecule has 0 fully saturated rings. The standard InChI is InChI=1S/2C10H9O4P.Ca/c2*11-15(12,13)14-10-7-3-5-8-4-1-2-6-9(8)10;/h2*1-7H,(H2,11,12,13);. The third-order valence-corrected chi connectivity index (χ3v) is 4.80. The Bertz CT molecular complexity index is 1160. The fourth-order valence-corrected chi connectivity index (χ4v) is 3.64. The van der Waals surface area contributed by atoms with E-state index in [1.807, 2.05) is 36.4 Å². The van der Waals surface area contributed by atoms with Crippen LogP contribution in [0.4, 0.5) is 0 Å². The maximum Gasteiger partial charge on any atom is 0.524 e. The number of phosphoric ester groups is 2. The molecule has 0 aliphatic carbocycles. The number of benzene rings is 4. The Labute approximate surface area is 207 Å². The van der Waals surface area contributed by atoms with Crippen molar-refractivity contribution in [2.24, 2.45) is 0 Å². The molecular weight excluding hydrogens is 470 g/mol. The number of hydrogen-bond acceptors (Lipinski definition) is 4. The van der Waals surface area contributed by atoms with Crippen LogP contribution in [0.15, 0.2) is 84.9 Å². The van der Waals surface area contributed by atoms with E-state index in [0.29, 0.717) is 10.8 Å². The summed E-state index contributed by atoms with van der Waals surface area (Å²) in [5.41, 5.74) is 0. The van der Waals surface area contributed by atoms with E-state index < -0.39 is 15.6 Å². The second-order valence-corrected chi connectivity index (χ2v) is 8.45. The topological polar surface area (TPSA) is 134 Å². The Morgan fingerprint density at radius 2 is 0.839 bits per heavy atom. The van der Waals surface area contributed by atoms with Gasteiger partial charge < -0.3 is 9.05 Å². The Balaban J connectivity index is 0.000000213. The van der Waals surface area contributed by atoms with Crippen LogP contribution in [0.1, 0.15) is 0 Å². The second-order valence-electron chi connectivity index (χ2n) is 6.12. The van der Waals surface area contributed by atoms with Gasteiger partial charge in [0.25, 0.3) is 0 Å². The molecule has 0 aliphatic heterocycles. The van der Waals surface area contributed by atoms with Crippen molar-refractivity contribution in [2.45, 2.75) is 0 Å². The smallest absolute Gasteiger partial charge is 0.404 e. The van der Waals surface area contributed by atoms with Crippen LogP contribution in [-0.2, 0) is 9.13 Å². The summed E-state index contributed by atoms with van der Waals surface area (Å²) in [6.45, 7) is 0. The average molecular weight is 488 g/mol. The zero-order valence-corrected chi connectivity index (χ0v) is 20.1. The number of fused-ring (bicyclic) bond motifs is 2. The molecule has 0 aromatic heterocycles. The molecule has 8 nitrogen and oxygen atoms in total. The predicted molar refractivity (Wildman–Crippen MR) is 119 cm³/mol. The molecule has 2 radical (unpaired) electrons. The molecule has 0 atom stereocenters. The van der Waals surface area contributed by atoms with Gasteiger partial charge in [0.2, 0.25) is 0 Å². The molecule has 4 aromatic rings. The van der Waals surface area contributed by atoms with E-state index in [4.69, 9.17) is 19.6 Å². The minimum atomic E-state index is -4.49. The number of rotatable bonds is 4. The van der Waals surface area contributed by atoms with Crippen LogP contribution in [0, 0.1) is 0 Å². The molecule has 11 heteroatoms. The normalized spacial score (nSPS) is 11.2. The first-order valence-corrected chi connectivity index (χ1v) is 11.6. The van der Waals surface area contributed by atoms with E-state index in [0.717, 1.165) is 10.8 Å². The first kappa shape index (κ1) is 25.8. The molecule has 0 amide bonds. The van der Waals surface area contributed by atoms with Crippen LogP contribution < -0.4 is 9.05 Å². The predicted octanol–water partition coefficient (Wildman–Crippen LogP) is 4.24. The van der Waals surface area contributed by atoms with Crippen LogP contribution in [0.2, 0.25) is 0 Å². The molecule has 0 heterocycles. The van der Waals surface area contributed by atoms with Gasteiger partial charge in [0.15, 0.2) is 0 Å². The number of hydrogen-bond donors (Lipinski definition) is 4. The van der Waals surface area contributed by atoms with Crippen LogP contribution in [0.25, 0.3) is 21.5 Å². The Morgan fingerprint density at radius 1 is 0.516 bits per heavy atom. The summed E-state index contributed by atoms with van der Waals surface area (Å²) >= 11 is 0. The van der Waals surface area contributed by atoms with Gasteiger partial charge in [-0.2, -0.15) is 0 Å². The molecule has 0 aliphatic rings. The van der Waals surface area contributed by atoms with Gasteiger partial charge in [-0.25, -0.2) is 9.13 Å². The third-order valence-electron chi connectivity index (χ3n) is 3.93. The maximum atomic E-state index is 10.7. The van der Waals surface area contributed by atoms with Gasteiger partial charge >= 0.3 is 15.6 Å². The van der Waals surface area contributed by atoms with Crippen LogP contribution in [0.3, 0.4) is 0 Å². The van der Waals surface area contributed by atoms with Gasteiger partial charge in [-0.05, 0) is 22.9 Å². The van der Waals surface area contributed by atoms with E-state index in [1.54, 1.807) is 36.4 Å². The van der Waals surface area contributed by atoms with Crippen molar-refractivity contribution in [1.82, 2.24) is 0 Å². The quantitative estimate of drug-likeness (QED) is 0.248. The molecule has 4 N–H and O–H groups in total. The fraction of sp³-hybridized carbons (Fsp3) is 0. The van der Waals surface area contributed by atoms with E-state index in [9.17, 15) is 9.13 Å². The summed E-state index contributed by atoms with van der Waals surface area (Å²) in [6.07, 6.45) is 0. The summed E-state index contributed by atoms with van der Waals surface area (Å²) in [5.74, 6) is 0.392. The second kappa shape index (κ2) is 10.9. The zero-order chi connectivity index (χ0) is 21.8. The Morgan fingerprint density at radius 3 is 1.19 bits per heavy atom. The molecule has 158 valence electrons. The van der Waals surface area contributed by atoms with E-state index in [-0.39, 0.29) is 49.2 Å². The van der Waals surface area contributed by atoms with Crippen molar-refractivity contribution in [1.29, 1.82) is 0 Å². The fourth-order valence-electron chi connectivity index (χ4n) is 2.81. The van der Waals surface area contributed by atoms with E-state index >= 15 is 0 Å². The van der Waals surface area contributed by atoms with Crippen molar-refractivity contribution in [3.05, 3.63) is 84.9 Å². The monoisotopic (exact) mass is 488 g/mol. The summed E-state index contributed by atoms with van der Waals surface area (Å²) in [4.78, 5) is 34.9. The molecule has 0 spiro atoms. The van der Waals surface area contributed by atoms with Crippen LogP contribution in [-0.4, -0.2) is 57.3 Å². The van der Waals surface area contributed by atoms with Crippen molar-refractivity contribution in [2.75, 3.05) is 0 Å². The van der Waals surface area contributed by atoms with Crippen LogP contribution in [0.5, 0.6) is 11.5 Å². The first-order valence-electron chi connectivity index (χ1n) is 8.58. The van der Waals surface area contributed by atoms with Crippen molar-refractivity contribution in [3.63, 3.8) is 0 Å². The summed E-state index contributed by atoms with van der Waals surface area (Å²) in [7, 11) is -8.98. The first-order chi connectivity index (χ1) is 14.1. The van der Waals surface area contributed by atoms with Crippen molar-refractivity contribution < 1.29 is 37.8 Å². The van der Waals surface area contributed by atoms with Crippen molar-refractivity contribution in [3.8, 4) is 11.5 Å². The van der Waals surface area contributed by atoms with E-state index in [2.05, 4.69) is 9.05 Å². The minimum absolute atomic E-state index is 0. The van der Waals surface area contributed by atoms with Crippen molar-refractivity contribution >= 4 is 74.9 Å². The molecule has 0 saturated heterocycles. The SMILES string of the molecule is O=P(O)(O)Oc1cccc2ccccc12.O=P(O)(O)Oc1cccc2ccccc12.[Ca]. The molecule has 0 unspecified atom stereocenters. The summed E-state index contributed by atoms with van der Waals surface area (Å²) in [5, 5.41) is 3.12. The maximum absolute atomic E-state index is 10.7. The van der Waals surface area contributed by atoms with E-state index in [1.165, 1.54) is 12.1 Å². The molecular formula is C20H18CaO8P2. The minimum Gasteiger partial charge on any atom is -0.404 e. The third kappa shape index (κ3) is 7.88. The van der Waals surface area contributed by atoms with Gasteiger partial charge in [0, 0.05) is 48.5 Å². The Kier molecular flexibility index (Phi) is 9.10. The van der Waals surface area contributed by atoms with Gasteiger partial charge in [-0.1, -0.05) is 72.8 Å².